The summed E-state index contributed by atoms with van der Waals surface area (Å²) in [5, 5.41) is 1.88. The number of nitrogens with one attached hydrogen (secondary N) is 1. The number of rotatable bonds is 1. The summed E-state index contributed by atoms with van der Waals surface area (Å²) in [5.41, 5.74) is 4.15. The Morgan fingerprint density at radius 1 is 1.25 bits per heavy atom. The molecule has 1 saturated heterocycles. The second-order valence-electron chi connectivity index (χ2n) is 6.92. The van der Waals surface area contributed by atoms with Gasteiger partial charge >= 0.3 is 0 Å². The number of hydrogen-bond donors (Lipinski definition) is 1. The summed E-state index contributed by atoms with van der Waals surface area (Å²) in [4.78, 5) is 12.8. The van der Waals surface area contributed by atoms with E-state index in [9.17, 15) is 4.79 Å². The van der Waals surface area contributed by atoms with E-state index < -0.39 is 0 Å². The van der Waals surface area contributed by atoms with Gasteiger partial charge in [-0.15, -0.1) is 0 Å². The number of hydrogen-bond acceptors (Lipinski definition) is 2. The van der Waals surface area contributed by atoms with E-state index >= 15 is 0 Å². The van der Waals surface area contributed by atoms with Crippen LogP contribution in [0.4, 0.5) is 0 Å². The summed E-state index contributed by atoms with van der Waals surface area (Å²) < 4.78 is 0. The van der Waals surface area contributed by atoms with Crippen LogP contribution in [-0.2, 0) is 0 Å². The van der Waals surface area contributed by atoms with Crippen molar-refractivity contribution in [3.8, 4) is 0 Å². The van der Waals surface area contributed by atoms with E-state index in [1.54, 1.807) is 0 Å². The van der Waals surface area contributed by atoms with Crippen LogP contribution in [0.2, 0.25) is 0 Å². The van der Waals surface area contributed by atoms with Crippen molar-refractivity contribution in [2.75, 3.05) is 0 Å². The number of benzene rings is 1. The number of fused-ring (bicyclic) bond motifs is 1. The van der Waals surface area contributed by atoms with E-state index in [1.165, 1.54) is 19.3 Å². The monoisotopic (exact) mass is 272 g/mol. The zero-order chi connectivity index (χ0) is 14.3. The average Bonchev–Trinajstić information content (AvgIpc) is 2.70. The maximum absolute atomic E-state index is 12.8. The van der Waals surface area contributed by atoms with Crippen LogP contribution in [0.3, 0.4) is 0 Å². The minimum Gasteiger partial charge on any atom is -0.268 e. The molecule has 20 heavy (non-hydrogen) atoms. The Morgan fingerprint density at radius 3 is 2.65 bits per heavy atom. The predicted molar refractivity (Wildman–Crippen MR) is 80.1 cm³/mol. The van der Waals surface area contributed by atoms with Gasteiger partial charge in [0.1, 0.15) is 0 Å². The van der Waals surface area contributed by atoms with Gasteiger partial charge in [0.15, 0.2) is 0 Å². The molecule has 1 aliphatic carbocycles. The van der Waals surface area contributed by atoms with Gasteiger partial charge in [-0.3, -0.25) is 9.80 Å². The Hall–Kier alpha value is -1.35. The molecule has 2 aliphatic rings. The van der Waals surface area contributed by atoms with Gasteiger partial charge in [-0.1, -0.05) is 31.5 Å². The molecular weight excluding hydrogens is 248 g/mol. The molecule has 3 nitrogen and oxygen atoms in total. The van der Waals surface area contributed by atoms with Crippen molar-refractivity contribution in [3.63, 3.8) is 0 Å². The summed E-state index contributed by atoms with van der Waals surface area (Å²) in [6.45, 7) is 6.70. The van der Waals surface area contributed by atoms with Gasteiger partial charge in [0, 0.05) is 17.5 Å². The van der Waals surface area contributed by atoms with Crippen LogP contribution in [-0.4, -0.2) is 22.5 Å². The molecule has 0 aromatic heterocycles. The van der Waals surface area contributed by atoms with Gasteiger partial charge in [0.2, 0.25) is 0 Å². The Labute approximate surface area is 121 Å². The Morgan fingerprint density at radius 2 is 1.95 bits per heavy atom. The quantitative estimate of drug-likeness (QED) is 0.851. The van der Waals surface area contributed by atoms with Crippen LogP contribution in [0, 0.1) is 11.8 Å². The molecule has 1 aliphatic heterocycles. The Bertz CT molecular complexity index is 497. The van der Waals surface area contributed by atoms with E-state index in [0.717, 1.165) is 11.5 Å². The minimum atomic E-state index is -0.113. The molecule has 108 valence electrons. The second kappa shape index (κ2) is 4.88. The molecule has 1 saturated carbocycles. The predicted octanol–water partition coefficient (Wildman–Crippen LogP) is 3.23. The molecule has 1 heterocycles. The van der Waals surface area contributed by atoms with Crippen molar-refractivity contribution in [2.24, 2.45) is 11.8 Å². The third-order valence-corrected chi connectivity index (χ3v) is 5.11. The lowest BCUT2D eigenvalue weighted by Gasteiger charge is -2.37. The highest BCUT2D eigenvalue weighted by Gasteiger charge is 2.51. The first-order valence-corrected chi connectivity index (χ1v) is 7.66. The fourth-order valence-electron chi connectivity index (χ4n) is 3.90. The van der Waals surface area contributed by atoms with Gasteiger partial charge in [-0.05, 0) is 44.7 Å². The number of carbonyl (C=O) groups excluding carboxylic acids is 1. The fourth-order valence-corrected chi connectivity index (χ4v) is 3.90. The van der Waals surface area contributed by atoms with Crippen LogP contribution in [0.25, 0.3) is 0 Å². The van der Waals surface area contributed by atoms with Crippen LogP contribution >= 0.6 is 0 Å². The van der Waals surface area contributed by atoms with E-state index in [0.29, 0.717) is 12.0 Å². The average molecular weight is 272 g/mol. The molecule has 0 radical (unpaired) electrons. The van der Waals surface area contributed by atoms with Crippen molar-refractivity contribution in [1.82, 2.24) is 10.4 Å². The van der Waals surface area contributed by atoms with E-state index in [-0.39, 0.29) is 11.4 Å². The molecular formula is C17H24N2O. The molecule has 3 atom stereocenters. The van der Waals surface area contributed by atoms with Crippen molar-refractivity contribution < 1.29 is 4.79 Å². The highest BCUT2D eigenvalue weighted by molar-refractivity contribution is 5.94. The summed E-state index contributed by atoms with van der Waals surface area (Å²) in [6.07, 6.45) is 3.66. The first-order chi connectivity index (χ1) is 9.50. The molecule has 1 aromatic carbocycles. The SMILES string of the molecule is CC1CCC2C(C1)NN(C(=O)c1ccccc1)C2(C)C. The summed E-state index contributed by atoms with van der Waals surface area (Å²) >= 11 is 0. The van der Waals surface area contributed by atoms with Crippen molar-refractivity contribution in [3.05, 3.63) is 35.9 Å². The topological polar surface area (TPSA) is 32.3 Å². The summed E-state index contributed by atoms with van der Waals surface area (Å²) in [7, 11) is 0. The van der Waals surface area contributed by atoms with Gasteiger partial charge in [0.05, 0.1) is 5.54 Å². The van der Waals surface area contributed by atoms with E-state index in [2.05, 4.69) is 26.2 Å². The first kappa shape index (κ1) is 13.6. The molecule has 0 bridgehead atoms. The van der Waals surface area contributed by atoms with Crippen molar-refractivity contribution >= 4 is 5.91 Å². The molecule has 1 N–H and O–H groups in total. The molecule has 2 fully saturated rings. The molecule has 3 rings (SSSR count). The van der Waals surface area contributed by atoms with Crippen molar-refractivity contribution in [1.29, 1.82) is 0 Å². The lowest BCUT2D eigenvalue weighted by atomic mass is 9.72. The lowest BCUT2D eigenvalue weighted by Crippen LogP contribution is -2.49. The zero-order valence-electron chi connectivity index (χ0n) is 12.6. The van der Waals surface area contributed by atoms with Crippen LogP contribution in [0.5, 0.6) is 0 Å². The minimum absolute atomic E-state index is 0.0950. The standard InChI is InChI=1S/C17H24N2O/c1-12-9-10-14-15(11-12)18-19(17(14,2)3)16(20)13-7-5-4-6-8-13/h4-8,12,14-15,18H,9-11H2,1-3H3. The summed E-state index contributed by atoms with van der Waals surface area (Å²) in [6, 6.07) is 10.0. The molecule has 1 aromatic rings. The molecule has 1 amide bonds. The lowest BCUT2D eigenvalue weighted by molar-refractivity contribution is 0.0482. The van der Waals surface area contributed by atoms with Crippen molar-refractivity contribution in [2.45, 2.75) is 51.6 Å². The van der Waals surface area contributed by atoms with E-state index in [4.69, 9.17) is 0 Å². The third-order valence-electron chi connectivity index (χ3n) is 5.11. The molecule has 3 heteroatoms. The fraction of sp³-hybridized carbons (Fsp3) is 0.588. The Balaban J connectivity index is 1.85. The number of carbonyl (C=O) groups is 1. The van der Waals surface area contributed by atoms with Gasteiger partial charge in [-0.25, -0.2) is 5.43 Å². The summed E-state index contributed by atoms with van der Waals surface area (Å²) in [5.74, 6) is 1.41. The maximum Gasteiger partial charge on any atom is 0.268 e. The number of nitrogens with zero attached hydrogens (tertiary/aromatic N) is 1. The largest absolute Gasteiger partial charge is 0.268 e. The molecule has 3 unspecified atom stereocenters. The van der Waals surface area contributed by atoms with Gasteiger partial charge < -0.3 is 0 Å². The smallest absolute Gasteiger partial charge is 0.268 e. The number of amides is 1. The van der Waals surface area contributed by atoms with Gasteiger partial charge in [-0.2, -0.15) is 0 Å². The third kappa shape index (κ3) is 2.14. The van der Waals surface area contributed by atoms with Crippen LogP contribution in [0.1, 0.15) is 50.4 Å². The normalized spacial score (nSPS) is 31.9. The van der Waals surface area contributed by atoms with Crippen LogP contribution in [0.15, 0.2) is 30.3 Å². The maximum atomic E-state index is 12.8. The highest BCUT2D eigenvalue weighted by Crippen LogP contribution is 2.43. The second-order valence-corrected chi connectivity index (χ2v) is 6.92. The van der Waals surface area contributed by atoms with Crippen LogP contribution < -0.4 is 5.43 Å². The zero-order valence-corrected chi connectivity index (χ0v) is 12.6. The van der Waals surface area contributed by atoms with E-state index in [1.807, 2.05) is 35.3 Å². The highest BCUT2D eigenvalue weighted by atomic mass is 16.2. The van der Waals surface area contributed by atoms with Gasteiger partial charge in [0.25, 0.3) is 5.91 Å². The number of hydrazine groups is 1. The Kier molecular flexibility index (Phi) is 3.33. The first-order valence-electron chi connectivity index (χ1n) is 7.66. The molecule has 0 spiro atoms.